The van der Waals surface area contributed by atoms with Crippen molar-refractivity contribution in [1.29, 1.82) is 0 Å². The quantitative estimate of drug-likeness (QED) is 0.785. The van der Waals surface area contributed by atoms with Crippen molar-refractivity contribution in [2.24, 2.45) is 5.73 Å². The molecule has 3 heteroatoms. The normalized spacial score (nSPS) is 23.6. The van der Waals surface area contributed by atoms with Crippen LogP contribution in [-0.2, 0) is 4.74 Å². The van der Waals surface area contributed by atoms with E-state index in [4.69, 9.17) is 10.5 Å². The van der Waals surface area contributed by atoms with Gasteiger partial charge in [-0.1, -0.05) is 6.07 Å². The standard InChI is InChI=1S/C11H16N2O/c12-8-9(11-5-3-7-14-11)10-4-1-2-6-13-10/h1-2,4,6,9,11H,3,5,7-8,12H2. The van der Waals surface area contributed by atoms with Crippen molar-refractivity contribution in [3.63, 3.8) is 0 Å². The summed E-state index contributed by atoms with van der Waals surface area (Å²) >= 11 is 0. The highest BCUT2D eigenvalue weighted by molar-refractivity contribution is 5.12. The minimum absolute atomic E-state index is 0.263. The molecular formula is C11H16N2O. The summed E-state index contributed by atoms with van der Waals surface area (Å²) in [7, 11) is 0. The third kappa shape index (κ3) is 1.94. The Kier molecular flexibility index (Phi) is 3.11. The van der Waals surface area contributed by atoms with Crippen LogP contribution in [-0.4, -0.2) is 24.2 Å². The van der Waals surface area contributed by atoms with Gasteiger partial charge >= 0.3 is 0 Å². The Bertz CT molecular complexity index is 270. The molecule has 2 atom stereocenters. The molecule has 76 valence electrons. The van der Waals surface area contributed by atoms with E-state index in [0.29, 0.717) is 6.54 Å². The average Bonchev–Trinajstić information content (AvgIpc) is 2.74. The molecule has 2 N–H and O–H groups in total. The number of nitrogens with two attached hydrogens (primary N) is 1. The first-order valence-electron chi connectivity index (χ1n) is 5.14. The van der Waals surface area contributed by atoms with E-state index >= 15 is 0 Å². The molecule has 2 unspecified atom stereocenters. The fraction of sp³-hybridized carbons (Fsp3) is 0.545. The van der Waals surface area contributed by atoms with Gasteiger partial charge in [-0.25, -0.2) is 0 Å². The summed E-state index contributed by atoms with van der Waals surface area (Å²) in [6.07, 6.45) is 4.34. The first kappa shape index (κ1) is 9.62. The average molecular weight is 192 g/mol. The van der Waals surface area contributed by atoms with E-state index in [0.717, 1.165) is 25.1 Å². The van der Waals surface area contributed by atoms with Crippen LogP contribution in [0.3, 0.4) is 0 Å². The summed E-state index contributed by atoms with van der Waals surface area (Å²) in [6.45, 7) is 1.48. The van der Waals surface area contributed by atoms with Crippen LogP contribution < -0.4 is 5.73 Å². The minimum atomic E-state index is 0.263. The first-order valence-corrected chi connectivity index (χ1v) is 5.14. The molecule has 14 heavy (non-hydrogen) atoms. The van der Waals surface area contributed by atoms with E-state index in [1.165, 1.54) is 0 Å². The number of pyridine rings is 1. The molecule has 0 aromatic carbocycles. The first-order chi connectivity index (χ1) is 6.92. The molecule has 3 nitrogen and oxygen atoms in total. The Morgan fingerprint density at radius 1 is 1.57 bits per heavy atom. The van der Waals surface area contributed by atoms with Crippen molar-refractivity contribution >= 4 is 0 Å². The van der Waals surface area contributed by atoms with Crippen LogP contribution in [0, 0.1) is 0 Å². The van der Waals surface area contributed by atoms with Gasteiger partial charge in [0, 0.05) is 31.0 Å². The summed E-state index contributed by atoms with van der Waals surface area (Å²) in [6, 6.07) is 5.95. The molecule has 2 heterocycles. The van der Waals surface area contributed by atoms with E-state index in [2.05, 4.69) is 4.98 Å². The molecule has 0 aliphatic carbocycles. The molecule has 1 aliphatic rings. The number of hydrogen-bond donors (Lipinski definition) is 1. The molecule has 1 fully saturated rings. The van der Waals surface area contributed by atoms with Gasteiger partial charge in [0.25, 0.3) is 0 Å². The van der Waals surface area contributed by atoms with Gasteiger partial charge < -0.3 is 10.5 Å². The van der Waals surface area contributed by atoms with E-state index in [9.17, 15) is 0 Å². The lowest BCUT2D eigenvalue weighted by atomic mass is 9.96. The van der Waals surface area contributed by atoms with Crippen LogP contribution in [0.15, 0.2) is 24.4 Å². The monoisotopic (exact) mass is 192 g/mol. The van der Waals surface area contributed by atoms with Gasteiger partial charge in [0.2, 0.25) is 0 Å². The molecular weight excluding hydrogens is 176 g/mol. The number of ether oxygens (including phenoxy) is 1. The van der Waals surface area contributed by atoms with E-state index in [1.54, 1.807) is 0 Å². The van der Waals surface area contributed by atoms with Crippen LogP contribution >= 0.6 is 0 Å². The van der Waals surface area contributed by atoms with Crippen molar-refractivity contribution < 1.29 is 4.74 Å². The molecule has 1 saturated heterocycles. The van der Waals surface area contributed by atoms with Crippen molar-refractivity contribution in [1.82, 2.24) is 4.98 Å². The van der Waals surface area contributed by atoms with Gasteiger partial charge in [0.15, 0.2) is 0 Å². The second kappa shape index (κ2) is 4.53. The largest absolute Gasteiger partial charge is 0.377 e. The van der Waals surface area contributed by atoms with Crippen LogP contribution in [0.25, 0.3) is 0 Å². The molecule has 0 spiro atoms. The highest BCUT2D eigenvalue weighted by Crippen LogP contribution is 2.26. The highest BCUT2D eigenvalue weighted by atomic mass is 16.5. The number of nitrogens with zero attached hydrogens (tertiary/aromatic N) is 1. The Morgan fingerprint density at radius 2 is 2.50 bits per heavy atom. The van der Waals surface area contributed by atoms with Crippen molar-refractivity contribution in [3.05, 3.63) is 30.1 Å². The third-order valence-corrected chi connectivity index (χ3v) is 2.74. The topological polar surface area (TPSA) is 48.1 Å². The zero-order valence-corrected chi connectivity index (χ0v) is 8.23. The number of rotatable bonds is 3. The summed E-state index contributed by atoms with van der Waals surface area (Å²) in [5.41, 5.74) is 6.82. The summed E-state index contributed by atoms with van der Waals surface area (Å²) in [5.74, 6) is 0.263. The summed E-state index contributed by atoms with van der Waals surface area (Å²) in [4.78, 5) is 4.33. The Morgan fingerprint density at radius 3 is 3.07 bits per heavy atom. The maximum Gasteiger partial charge on any atom is 0.0671 e. The van der Waals surface area contributed by atoms with Crippen LogP contribution in [0.2, 0.25) is 0 Å². The maximum atomic E-state index is 5.76. The summed E-state index contributed by atoms with van der Waals surface area (Å²) < 4.78 is 5.64. The number of hydrogen-bond acceptors (Lipinski definition) is 3. The molecule has 1 aliphatic heterocycles. The van der Waals surface area contributed by atoms with Crippen molar-refractivity contribution in [3.8, 4) is 0 Å². The zero-order chi connectivity index (χ0) is 9.80. The van der Waals surface area contributed by atoms with Crippen LogP contribution in [0.4, 0.5) is 0 Å². The lowest BCUT2D eigenvalue weighted by Crippen LogP contribution is -2.26. The maximum absolute atomic E-state index is 5.76. The molecule has 1 aromatic heterocycles. The summed E-state index contributed by atoms with van der Waals surface area (Å²) in [5, 5.41) is 0. The third-order valence-electron chi connectivity index (χ3n) is 2.74. The SMILES string of the molecule is NCC(c1ccccn1)C1CCCO1. The molecule has 0 saturated carbocycles. The van der Waals surface area contributed by atoms with Crippen LogP contribution in [0.5, 0.6) is 0 Å². The van der Waals surface area contributed by atoms with Crippen LogP contribution in [0.1, 0.15) is 24.5 Å². The van der Waals surface area contributed by atoms with E-state index < -0.39 is 0 Å². The Labute approximate surface area is 84.3 Å². The lowest BCUT2D eigenvalue weighted by Gasteiger charge is -2.20. The lowest BCUT2D eigenvalue weighted by molar-refractivity contribution is 0.0894. The van der Waals surface area contributed by atoms with Crippen molar-refractivity contribution in [2.75, 3.05) is 13.2 Å². The number of aromatic nitrogens is 1. The molecule has 0 bridgehead atoms. The van der Waals surface area contributed by atoms with E-state index in [-0.39, 0.29) is 12.0 Å². The zero-order valence-electron chi connectivity index (χ0n) is 8.23. The minimum Gasteiger partial charge on any atom is -0.377 e. The van der Waals surface area contributed by atoms with Gasteiger partial charge in [-0.15, -0.1) is 0 Å². The predicted octanol–water partition coefficient (Wildman–Crippen LogP) is 1.30. The Hall–Kier alpha value is -0.930. The molecule has 0 amide bonds. The van der Waals surface area contributed by atoms with Gasteiger partial charge in [-0.3, -0.25) is 4.98 Å². The molecule has 1 aromatic rings. The van der Waals surface area contributed by atoms with Gasteiger partial charge in [0.05, 0.1) is 6.10 Å². The predicted molar refractivity (Wildman–Crippen MR) is 55.0 cm³/mol. The van der Waals surface area contributed by atoms with E-state index in [1.807, 2.05) is 24.4 Å². The van der Waals surface area contributed by atoms with Gasteiger partial charge in [-0.05, 0) is 25.0 Å². The Balaban J connectivity index is 2.12. The fourth-order valence-electron chi connectivity index (χ4n) is 1.98. The second-order valence-corrected chi connectivity index (χ2v) is 3.65. The highest BCUT2D eigenvalue weighted by Gasteiger charge is 2.26. The van der Waals surface area contributed by atoms with Gasteiger partial charge in [0.1, 0.15) is 0 Å². The smallest absolute Gasteiger partial charge is 0.0671 e. The van der Waals surface area contributed by atoms with Gasteiger partial charge in [-0.2, -0.15) is 0 Å². The molecule has 2 rings (SSSR count). The fourth-order valence-corrected chi connectivity index (χ4v) is 1.98. The molecule has 0 radical (unpaired) electrons. The second-order valence-electron chi connectivity index (χ2n) is 3.65. The van der Waals surface area contributed by atoms with Crippen molar-refractivity contribution in [2.45, 2.75) is 24.9 Å².